The Hall–Kier alpha value is -1.60. The Labute approximate surface area is 121 Å². The quantitative estimate of drug-likeness (QED) is 0.215. The summed E-state index contributed by atoms with van der Waals surface area (Å²) < 4.78 is 16.1. The molecule has 0 amide bonds. The molecule has 0 aliphatic heterocycles. The molecule has 1 rings (SSSR count). The van der Waals surface area contributed by atoms with Crippen molar-refractivity contribution in [1.29, 1.82) is 0 Å². The summed E-state index contributed by atoms with van der Waals surface area (Å²) in [4.78, 5) is 0. The van der Waals surface area contributed by atoms with E-state index in [0.717, 1.165) is 18.5 Å². The molecule has 1 aromatic carbocycles. The van der Waals surface area contributed by atoms with E-state index in [0.29, 0.717) is 23.6 Å². The van der Waals surface area contributed by atoms with Gasteiger partial charge in [0.05, 0.1) is 12.7 Å². The lowest BCUT2D eigenvalue weighted by Gasteiger charge is -2.10. The maximum absolute atomic E-state index is 10.9. The molecule has 1 atom stereocenters. The molecule has 0 radical (unpaired) electrons. The van der Waals surface area contributed by atoms with E-state index in [1.165, 1.54) is 7.11 Å². The highest BCUT2D eigenvalue weighted by Crippen LogP contribution is 2.20. The third-order valence-corrected chi connectivity index (χ3v) is 3.63. The maximum Gasteiger partial charge on any atom is 0.173 e. The first-order valence-electron chi connectivity index (χ1n) is 6.24. The summed E-state index contributed by atoms with van der Waals surface area (Å²) >= 11 is 0. The molecule has 6 nitrogen and oxygen atoms in total. The zero-order valence-electron chi connectivity index (χ0n) is 11.8. The monoisotopic (exact) mass is 299 g/mol. The van der Waals surface area contributed by atoms with Crippen LogP contribution in [0.15, 0.2) is 23.4 Å². The van der Waals surface area contributed by atoms with Crippen LogP contribution in [0.3, 0.4) is 0 Å². The van der Waals surface area contributed by atoms with E-state index in [9.17, 15) is 4.21 Å². The van der Waals surface area contributed by atoms with Gasteiger partial charge in [-0.3, -0.25) is 4.21 Å². The summed E-state index contributed by atoms with van der Waals surface area (Å²) in [6, 6.07) is 5.49. The van der Waals surface area contributed by atoms with Crippen molar-refractivity contribution in [3.8, 4) is 5.75 Å². The van der Waals surface area contributed by atoms with Crippen LogP contribution < -0.4 is 15.8 Å². The summed E-state index contributed by atoms with van der Waals surface area (Å²) in [5, 5.41) is 14.9. The van der Waals surface area contributed by atoms with Crippen molar-refractivity contribution in [2.24, 2.45) is 10.9 Å². The molecule has 0 bridgehead atoms. The number of nitrogens with two attached hydrogens (primary N) is 1. The van der Waals surface area contributed by atoms with Crippen molar-refractivity contribution in [2.75, 3.05) is 25.7 Å². The van der Waals surface area contributed by atoms with Crippen molar-refractivity contribution in [3.05, 3.63) is 29.3 Å². The zero-order chi connectivity index (χ0) is 15.0. The number of nitrogens with one attached hydrogen (secondary N) is 1. The number of benzene rings is 1. The van der Waals surface area contributed by atoms with Gasteiger partial charge in [0.1, 0.15) is 5.75 Å². The van der Waals surface area contributed by atoms with Crippen LogP contribution in [0.1, 0.15) is 17.5 Å². The number of ether oxygens (including phenoxy) is 1. The molecule has 7 heteroatoms. The Kier molecular flexibility index (Phi) is 7.03. The van der Waals surface area contributed by atoms with Crippen molar-refractivity contribution < 1.29 is 14.2 Å². The number of oxime groups is 1. The number of nitrogens with zero attached hydrogens (tertiary/aromatic N) is 1. The smallest absolute Gasteiger partial charge is 0.173 e. The molecule has 0 heterocycles. The van der Waals surface area contributed by atoms with Gasteiger partial charge in [-0.15, -0.1) is 0 Å². The van der Waals surface area contributed by atoms with Gasteiger partial charge in [-0.05, 0) is 30.7 Å². The summed E-state index contributed by atoms with van der Waals surface area (Å²) in [7, 11) is 0.800. The Morgan fingerprint density at radius 2 is 2.30 bits per heavy atom. The molecule has 0 spiro atoms. The fourth-order valence-corrected chi connectivity index (χ4v) is 2.30. The van der Waals surface area contributed by atoms with E-state index in [1.807, 2.05) is 12.1 Å². The van der Waals surface area contributed by atoms with E-state index in [2.05, 4.69) is 10.5 Å². The van der Waals surface area contributed by atoms with Crippen molar-refractivity contribution in [2.45, 2.75) is 13.0 Å². The van der Waals surface area contributed by atoms with E-state index in [4.69, 9.17) is 15.7 Å². The van der Waals surface area contributed by atoms with Crippen LogP contribution in [0.2, 0.25) is 0 Å². The van der Waals surface area contributed by atoms with Crippen molar-refractivity contribution >= 4 is 16.6 Å². The van der Waals surface area contributed by atoms with Gasteiger partial charge >= 0.3 is 0 Å². The van der Waals surface area contributed by atoms with Crippen LogP contribution >= 0.6 is 0 Å². The predicted molar refractivity (Wildman–Crippen MR) is 80.8 cm³/mol. The van der Waals surface area contributed by atoms with Crippen LogP contribution in [0, 0.1) is 0 Å². The second-order valence-corrected chi connectivity index (χ2v) is 5.88. The minimum absolute atomic E-state index is 0.0202. The van der Waals surface area contributed by atoms with Gasteiger partial charge in [0.2, 0.25) is 0 Å². The molecular weight excluding hydrogens is 278 g/mol. The highest BCUT2D eigenvalue weighted by molar-refractivity contribution is 7.84. The number of amidine groups is 1. The van der Waals surface area contributed by atoms with Crippen LogP contribution in [0.4, 0.5) is 0 Å². The molecule has 0 aliphatic carbocycles. The van der Waals surface area contributed by atoms with Gasteiger partial charge in [-0.25, -0.2) is 0 Å². The van der Waals surface area contributed by atoms with Crippen molar-refractivity contribution in [3.63, 3.8) is 0 Å². The second-order valence-electron chi connectivity index (χ2n) is 4.33. The molecular formula is C13H21N3O3S. The van der Waals surface area contributed by atoms with Crippen LogP contribution in [-0.2, 0) is 17.3 Å². The minimum atomic E-state index is -0.739. The first-order valence-corrected chi connectivity index (χ1v) is 7.96. The highest BCUT2D eigenvalue weighted by atomic mass is 32.2. The third-order valence-electron chi connectivity index (χ3n) is 2.76. The lowest BCUT2D eigenvalue weighted by molar-refractivity contribution is 0.318. The predicted octanol–water partition coefficient (Wildman–Crippen LogP) is 0.648. The van der Waals surface area contributed by atoms with Crippen LogP contribution in [0.5, 0.6) is 5.75 Å². The Morgan fingerprint density at radius 3 is 2.90 bits per heavy atom. The van der Waals surface area contributed by atoms with Gasteiger partial charge in [0.25, 0.3) is 0 Å². The molecule has 1 unspecified atom stereocenters. The van der Waals surface area contributed by atoms with Gasteiger partial charge in [-0.2, -0.15) is 0 Å². The van der Waals surface area contributed by atoms with E-state index >= 15 is 0 Å². The molecule has 0 saturated carbocycles. The number of hydrogen-bond donors (Lipinski definition) is 3. The van der Waals surface area contributed by atoms with E-state index < -0.39 is 10.8 Å². The lowest BCUT2D eigenvalue weighted by Crippen LogP contribution is -2.18. The normalized spacial score (nSPS) is 13.2. The SMILES string of the molecule is COc1cc(CNCCCS(C)=O)ccc1/C(N)=N/O. The molecule has 0 aliphatic rings. The Balaban J connectivity index is 2.58. The first-order chi connectivity index (χ1) is 9.58. The van der Waals surface area contributed by atoms with Gasteiger partial charge in [0, 0.05) is 29.4 Å². The van der Waals surface area contributed by atoms with Crippen LogP contribution in [-0.4, -0.2) is 40.9 Å². The maximum atomic E-state index is 10.9. The molecule has 0 saturated heterocycles. The standard InChI is InChI=1S/C13H21N3O3S/c1-19-12-8-10(4-5-11(12)13(14)16-17)9-15-6-3-7-20(2)18/h4-5,8,15,17H,3,6-7,9H2,1-2H3,(H2,14,16). The van der Waals surface area contributed by atoms with E-state index in [1.54, 1.807) is 12.3 Å². The Morgan fingerprint density at radius 1 is 1.55 bits per heavy atom. The fourth-order valence-electron chi connectivity index (χ4n) is 1.74. The highest BCUT2D eigenvalue weighted by Gasteiger charge is 2.08. The summed E-state index contributed by atoms with van der Waals surface area (Å²) in [5.74, 6) is 1.29. The largest absolute Gasteiger partial charge is 0.496 e. The summed E-state index contributed by atoms with van der Waals surface area (Å²) in [5.41, 5.74) is 7.16. The fraction of sp³-hybridized carbons (Fsp3) is 0.462. The number of rotatable bonds is 8. The van der Waals surface area contributed by atoms with Gasteiger partial charge in [-0.1, -0.05) is 11.2 Å². The molecule has 0 fully saturated rings. The van der Waals surface area contributed by atoms with Crippen molar-refractivity contribution in [1.82, 2.24) is 5.32 Å². The molecule has 1 aromatic rings. The molecule has 20 heavy (non-hydrogen) atoms. The van der Waals surface area contributed by atoms with E-state index in [-0.39, 0.29) is 5.84 Å². The molecule has 112 valence electrons. The third kappa shape index (κ3) is 5.18. The lowest BCUT2D eigenvalue weighted by atomic mass is 10.1. The first kappa shape index (κ1) is 16.5. The average molecular weight is 299 g/mol. The van der Waals surface area contributed by atoms with Crippen LogP contribution in [0.25, 0.3) is 0 Å². The minimum Gasteiger partial charge on any atom is -0.496 e. The Bertz CT molecular complexity index is 492. The second kappa shape index (κ2) is 8.55. The summed E-state index contributed by atoms with van der Waals surface area (Å²) in [6.07, 6.45) is 2.58. The number of hydrogen-bond acceptors (Lipinski definition) is 5. The average Bonchev–Trinajstić information content (AvgIpc) is 2.45. The van der Waals surface area contributed by atoms with Gasteiger partial charge < -0.3 is 21.0 Å². The number of methoxy groups -OCH3 is 1. The van der Waals surface area contributed by atoms with Gasteiger partial charge in [0.15, 0.2) is 5.84 Å². The molecule has 4 N–H and O–H groups in total. The molecule has 0 aromatic heterocycles. The zero-order valence-corrected chi connectivity index (χ0v) is 12.6. The topological polar surface area (TPSA) is 96.9 Å². The summed E-state index contributed by atoms with van der Waals surface area (Å²) in [6.45, 7) is 1.49.